The van der Waals surface area contributed by atoms with Gasteiger partial charge in [-0.1, -0.05) is 19.9 Å². The molecule has 1 atom stereocenters. The van der Waals surface area contributed by atoms with E-state index in [-0.39, 0.29) is 17.7 Å². The number of rotatable bonds is 9. The summed E-state index contributed by atoms with van der Waals surface area (Å²) in [4.78, 5) is 25.9. The van der Waals surface area contributed by atoms with Crippen molar-refractivity contribution in [3.05, 3.63) is 23.8 Å². The van der Waals surface area contributed by atoms with Crippen molar-refractivity contribution in [3.63, 3.8) is 0 Å². The van der Waals surface area contributed by atoms with Crippen LogP contribution in [0.2, 0.25) is 0 Å². The normalized spacial score (nSPS) is 16.9. The molecule has 0 aliphatic carbocycles. The number of hydrogen-bond acceptors (Lipinski definition) is 4. The molecule has 6 nitrogen and oxygen atoms in total. The standard InChI is InChI=1S/C20H30N2O4/c1-14(2)9-19(23)21-12-16-11-20(24)22(13-16)8-7-15-5-6-17(25-3)18(10-15)26-4/h5-6,10,14,16H,7-9,11-13H2,1-4H3,(H,21,23). The zero-order chi connectivity index (χ0) is 19.1. The minimum atomic E-state index is 0.0660. The van der Waals surface area contributed by atoms with Gasteiger partial charge in [0.2, 0.25) is 11.8 Å². The third-order valence-electron chi connectivity index (χ3n) is 4.59. The van der Waals surface area contributed by atoms with Crippen molar-refractivity contribution in [1.82, 2.24) is 10.2 Å². The number of nitrogens with one attached hydrogen (secondary N) is 1. The van der Waals surface area contributed by atoms with Crippen LogP contribution in [-0.4, -0.2) is 50.6 Å². The van der Waals surface area contributed by atoms with Gasteiger partial charge in [-0.25, -0.2) is 0 Å². The fraction of sp³-hybridized carbons (Fsp3) is 0.600. The summed E-state index contributed by atoms with van der Waals surface area (Å²) in [5.74, 6) is 2.17. The number of likely N-dealkylation sites (tertiary alicyclic amines) is 1. The van der Waals surface area contributed by atoms with Gasteiger partial charge in [-0.15, -0.1) is 0 Å². The van der Waals surface area contributed by atoms with Crippen molar-refractivity contribution in [3.8, 4) is 11.5 Å². The van der Waals surface area contributed by atoms with E-state index in [0.717, 1.165) is 12.0 Å². The average Bonchev–Trinajstić information content (AvgIpc) is 2.97. The Morgan fingerprint density at radius 2 is 2.00 bits per heavy atom. The first-order valence-electron chi connectivity index (χ1n) is 9.18. The Kier molecular flexibility index (Phi) is 7.30. The summed E-state index contributed by atoms with van der Waals surface area (Å²) in [5.41, 5.74) is 1.10. The number of carbonyl (C=O) groups excluding carboxylic acids is 2. The van der Waals surface area contributed by atoms with Gasteiger partial charge in [-0.05, 0) is 30.0 Å². The lowest BCUT2D eigenvalue weighted by atomic mass is 10.1. The summed E-state index contributed by atoms with van der Waals surface area (Å²) in [5, 5.41) is 2.95. The van der Waals surface area contributed by atoms with Crippen LogP contribution in [0.25, 0.3) is 0 Å². The van der Waals surface area contributed by atoms with Crippen molar-refractivity contribution >= 4 is 11.8 Å². The zero-order valence-electron chi connectivity index (χ0n) is 16.2. The van der Waals surface area contributed by atoms with Crippen LogP contribution < -0.4 is 14.8 Å². The van der Waals surface area contributed by atoms with E-state index in [0.29, 0.717) is 49.9 Å². The van der Waals surface area contributed by atoms with E-state index in [1.54, 1.807) is 14.2 Å². The third-order valence-corrected chi connectivity index (χ3v) is 4.59. The highest BCUT2D eigenvalue weighted by molar-refractivity contribution is 5.79. The second kappa shape index (κ2) is 9.46. The van der Waals surface area contributed by atoms with Gasteiger partial charge < -0.3 is 19.7 Å². The molecule has 26 heavy (non-hydrogen) atoms. The van der Waals surface area contributed by atoms with Crippen molar-refractivity contribution in [2.45, 2.75) is 33.1 Å². The number of methoxy groups -OCH3 is 2. The zero-order valence-corrected chi connectivity index (χ0v) is 16.2. The van der Waals surface area contributed by atoms with Crippen molar-refractivity contribution in [1.29, 1.82) is 0 Å². The molecule has 0 radical (unpaired) electrons. The van der Waals surface area contributed by atoms with E-state index in [1.807, 2.05) is 36.9 Å². The molecule has 1 saturated heterocycles. The molecule has 0 saturated carbocycles. The van der Waals surface area contributed by atoms with Gasteiger partial charge in [0.05, 0.1) is 14.2 Å². The molecule has 1 unspecified atom stereocenters. The number of benzene rings is 1. The van der Waals surface area contributed by atoms with Crippen LogP contribution in [0.15, 0.2) is 18.2 Å². The van der Waals surface area contributed by atoms with Gasteiger partial charge in [0.25, 0.3) is 0 Å². The van der Waals surface area contributed by atoms with Gasteiger partial charge >= 0.3 is 0 Å². The van der Waals surface area contributed by atoms with Gasteiger partial charge in [0.1, 0.15) is 0 Å². The smallest absolute Gasteiger partial charge is 0.223 e. The minimum absolute atomic E-state index is 0.0660. The maximum atomic E-state index is 12.2. The fourth-order valence-corrected chi connectivity index (χ4v) is 3.21. The second-order valence-electron chi connectivity index (χ2n) is 7.25. The maximum Gasteiger partial charge on any atom is 0.223 e. The molecule has 1 heterocycles. The third kappa shape index (κ3) is 5.64. The lowest BCUT2D eigenvalue weighted by molar-refractivity contribution is -0.127. The molecule has 1 aromatic carbocycles. The summed E-state index contributed by atoms with van der Waals surface area (Å²) in [6.07, 6.45) is 1.80. The van der Waals surface area contributed by atoms with E-state index in [9.17, 15) is 9.59 Å². The van der Waals surface area contributed by atoms with E-state index < -0.39 is 0 Å². The first kappa shape index (κ1) is 20.1. The molecule has 0 bridgehead atoms. The average molecular weight is 362 g/mol. The molecule has 2 rings (SSSR count). The van der Waals surface area contributed by atoms with Crippen molar-refractivity contribution in [2.75, 3.05) is 33.9 Å². The van der Waals surface area contributed by atoms with E-state index >= 15 is 0 Å². The Bertz CT molecular complexity index is 630. The lowest BCUT2D eigenvalue weighted by Gasteiger charge is -2.17. The molecule has 0 spiro atoms. The molecule has 1 aliphatic heterocycles. The maximum absolute atomic E-state index is 12.2. The first-order chi connectivity index (χ1) is 12.4. The number of hydrogen-bond donors (Lipinski definition) is 1. The molecule has 1 N–H and O–H groups in total. The Morgan fingerprint density at radius 3 is 2.65 bits per heavy atom. The van der Waals surface area contributed by atoms with E-state index in [4.69, 9.17) is 9.47 Å². The Balaban J connectivity index is 1.81. The molecule has 2 amide bonds. The van der Waals surface area contributed by atoms with Crippen LogP contribution in [0, 0.1) is 11.8 Å². The highest BCUT2D eigenvalue weighted by Crippen LogP contribution is 2.28. The summed E-state index contributed by atoms with van der Waals surface area (Å²) in [6.45, 7) is 5.99. The van der Waals surface area contributed by atoms with Crippen LogP contribution >= 0.6 is 0 Å². The van der Waals surface area contributed by atoms with Crippen LogP contribution in [0.4, 0.5) is 0 Å². The first-order valence-corrected chi connectivity index (χ1v) is 9.18. The lowest BCUT2D eigenvalue weighted by Crippen LogP contribution is -2.32. The summed E-state index contributed by atoms with van der Waals surface area (Å²) >= 11 is 0. The quantitative estimate of drug-likeness (QED) is 0.732. The summed E-state index contributed by atoms with van der Waals surface area (Å²) in [6, 6.07) is 5.82. The van der Waals surface area contributed by atoms with Crippen LogP contribution in [-0.2, 0) is 16.0 Å². The molecule has 1 fully saturated rings. The second-order valence-corrected chi connectivity index (χ2v) is 7.25. The Hall–Kier alpha value is -2.24. The van der Waals surface area contributed by atoms with Crippen molar-refractivity contribution in [2.24, 2.45) is 11.8 Å². The molecular weight excluding hydrogens is 332 g/mol. The number of amides is 2. The minimum Gasteiger partial charge on any atom is -0.493 e. The van der Waals surface area contributed by atoms with Crippen molar-refractivity contribution < 1.29 is 19.1 Å². The fourth-order valence-electron chi connectivity index (χ4n) is 3.21. The Labute approximate surface area is 155 Å². The predicted molar refractivity (Wildman–Crippen MR) is 100 cm³/mol. The highest BCUT2D eigenvalue weighted by Gasteiger charge is 2.29. The van der Waals surface area contributed by atoms with Gasteiger partial charge in [0.15, 0.2) is 11.5 Å². The van der Waals surface area contributed by atoms with Crippen LogP contribution in [0.1, 0.15) is 32.3 Å². The van der Waals surface area contributed by atoms with E-state index in [2.05, 4.69) is 5.32 Å². The van der Waals surface area contributed by atoms with Gasteiger partial charge in [-0.2, -0.15) is 0 Å². The highest BCUT2D eigenvalue weighted by atomic mass is 16.5. The Morgan fingerprint density at radius 1 is 1.27 bits per heavy atom. The van der Waals surface area contributed by atoms with Crippen LogP contribution in [0.5, 0.6) is 11.5 Å². The molecule has 1 aromatic rings. The molecule has 1 aliphatic rings. The van der Waals surface area contributed by atoms with Crippen LogP contribution in [0.3, 0.4) is 0 Å². The topological polar surface area (TPSA) is 67.9 Å². The molecule has 0 aromatic heterocycles. The SMILES string of the molecule is COc1ccc(CCN2CC(CNC(=O)CC(C)C)CC2=O)cc1OC. The van der Waals surface area contributed by atoms with Gasteiger partial charge in [-0.3, -0.25) is 9.59 Å². The number of ether oxygens (including phenoxy) is 2. The number of nitrogens with zero attached hydrogens (tertiary/aromatic N) is 1. The number of carbonyl (C=O) groups is 2. The monoisotopic (exact) mass is 362 g/mol. The molecular formula is C20H30N2O4. The summed E-state index contributed by atoms with van der Waals surface area (Å²) in [7, 11) is 3.23. The molecule has 144 valence electrons. The van der Waals surface area contributed by atoms with Gasteiger partial charge in [0, 0.05) is 38.4 Å². The van der Waals surface area contributed by atoms with E-state index in [1.165, 1.54) is 0 Å². The largest absolute Gasteiger partial charge is 0.493 e. The predicted octanol–water partition coefficient (Wildman–Crippen LogP) is 2.26. The molecule has 6 heteroatoms. The summed E-state index contributed by atoms with van der Waals surface area (Å²) < 4.78 is 10.6.